The summed E-state index contributed by atoms with van der Waals surface area (Å²) in [5.41, 5.74) is 3.57. The van der Waals surface area contributed by atoms with E-state index in [-0.39, 0.29) is 16.9 Å². The van der Waals surface area contributed by atoms with Gasteiger partial charge < -0.3 is 9.88 Å². The summed E-state index contributed by atoms with van der Waals surface area (Å²) in [5.74, 6) is -0.246. The molecule has 2 aromatic carbocycles. The molecule has 0 radical (unpaired) electrons. The fourth-order valence-corrected chi connectivity index (χ4v) is 3.74. The van der Waals surface area contributed by atoms with E-state index in [0.29, 0.717) is 13.0 Å². The highest BCUT2D eigenvalue weighted by Gasteiger charge is 2.24. The number of amides is 1. The van der Waals surface area contributed by atoms with E-state index in [1.165, 1.54) is 0 Å². The highest BCUT2D eigenvalue weighted by molar-refractivity contribution is 6.06. The zero-order chi connectivity index (χ0) is 22.1. The van der Waals surface area contributed by atoms with Crippen LogP contribution in [0.2, 0.25) is 0 Å². The Bertz CT molecular complexity index is 1030. The maximum Gasteiger partial charge on any atom is 0.264 e. The summed E-state index contributed by atoms with van der Waals surface area (Å²) in [6.07, 6.45) is 5.53. The van der Waals surface area contributed by atoms with Gasteiger partial charge in [0.05, 0.1) is 6.54 Å². The van der Waals surface area contributed by atoms with E-state index >= 15 is 0 Å². The normalized spacial score (nSPS) is 10.8. The van der Waals surface area contributed by atoms with Crippen LogP contribution in [0.3, 0.4) is 0 Å². The summed E-state index contributed by atoms with van der Waals surface area (Å²) in [5, 5.41) is 0. The van der Waals surface area contributed by atoms with Crippen molar-refractivity contribution in [3.05, 3.63) is 99.5 Å². The third-order valence-electron chi connectivity index (χ3n) is 5.46. The van der Waals surface area contributed by atoms with Gasteiger partial charge in [0.15, 0.2) is 5.43 Å². The molecule has 3 aromatic rings. The minimum Gasteiger partial charge on any atom is -0.361 e. The second-order valence-electron chi connectivity index (χ2n) is 7.93. The Morgan fingerprint density at radius 2 is 1.48 bits per heavy atom. The van der Waals surface area contributed by atoms with Gasteiger partial charge in [-0.15, -0.1) is 0 Å². The van der Waals surface area contributed by atoms with Gasteiger partial charge in [-0.05, 0) is 43.4 Å². The van der Waals surface area contributed by atoms with Gasteiger partial charge in [0, 0.05) is 23.1 Å². The van der Waals surface area contributed by atoms with Crippen LogP contribution in [0, 0.1) is 0 Å². The highest BCUT2D eigenvalue weighted by atomic mass is 16.2. The molecule has 3 rings (SSSR count). The number of aryl methyl sites for hydroxylation is 2. The number of hydrogen-bond donors (Lipinski definition) is 1. The fourth-order valence-electron chi connectivity index (χ4n) is 3.74. The zero-order valence-electron chi connectivity index (χ0n) is 18.6. The lowest BCUT2D eigenvalue weighted by molar-refractivity contribution is 0.0982. The summed E-state index contributed by atoms with van der Waals surface area (Å²) in [4.78, 5) is 32.1. The molecule has 1 heterocycles. The van der Waals surface area contributed by atoms with Crippen molar-refractivity contribution in [3.8, 4) is 0 Å². The van der Waals surface area contributed by atoms with Crippen molar-refractivity contribution in [1.29, 1.82) is 0 Å². The molecule has 0 saturated carbocycles. The first-order chi connectivity index (χ1) is 15.1. The minimum absolute atomic E-state index is 0.185. The van der Waals surface area contributed by atoms with E-state index in [4.69, 9.17) is 0 Å². The fraction of sp³-hybridized carbons (Fsp3) is 0.333. The number of rotatable bonds is 10. The molecule has 31 heavy (non-hydrogen) atoms. The molecule has 4 nitrogen and oxygen atoms in total. The van der Waals surface area contributed by atoms with Crippen LogP contribution < -0.4 is 10.3 Å². The number of H-pyrrole nitrogens is 1. The molecule has 0 spiro atoms. The average molecular weight is 417 g/mol. The van der Waals surface area contributed by atoms with Crippen LogP contribution in [0.1, 0.15) is 66.8 Å². The van der Waals surface area contributed by atoms with Gasteiger partial charge in [0.1, 0.15) is 5.56 Å². The van der Waals surface area contributed by atoms with Crippen LogP contribution in [0.25, 0.3) is 0 Å². The molecule has 0 aliphatic rings. The van der Waals surface area contributed by atoms with Crippen LogP contribution in [0.5, 0.6) is 0 Å². The number of nitrogens with one attached hydrogen (secondary N) is 1. The largest absolute Gasteiger partial charge is 0.361 e. The third kappa shape index (κ3) is 5.94. The van der Waals surface area contributed by atoms with E-state index in [1.807, 2.05) is 60.7 Å². The molecule has 0 unspecified atom stereocenters. The Morgan fingerprint density at radius 1 is 0.871 bits per heavy atom. The smallest absolute Gasteiger partial charge is 0.264 e. The first kappa shape index (κ1) is 22.5. The van der Waals surface area contributed by atoms with Gasteiger partial charge >= 0.3 is 0 Å². The highest BCUT2D eigenvalue weighted by Crippen LogP contribution is 2.21. The first-order valence-corrected chi connectivity index (χ1v) is 11.3. The Morgan fingerprint density at radius 3 is 2.13 bits per heavy atom. The minimum atomic E-state index is -0.246. The first-order valence-electron chi connectivity index (χ1n) is 11.3. The second kappa shape index (κ2) is 11.3. The van der Waals surface area contributed by atoms with E-state index in [2.05, 4.69) is 18.8 Å². The van der Waals surface area contributed by atoms with Gasteiger partial charge in [0.25, 0.3) is 5.91 Å². The average Bonchev–Trinajstić information content (AvgIpc) is 2.80. The van der Waals surface area contributed by atoms with Crippen LogP contribution >= 0.6 is 0 Å². The Kier molecular flexibility index (Phi) is 8.22. The van der Waals surface area contributed by atoms with Gasteiger partial charge in [-0.25, -0.2) is 0 Å². The number of pyridine rings is 1. The summed E-state index contributed by atoms with van der Waals surface area (Å²) in [7, 11) is 0. The van der Waals surface area contributed by atoms with Gasteiger partial charge in [0.2, 0.25) is 0 Å². The lowest BCUT2D eigenvalue weighted by Crippen LogP contribution is -2.35. The molecule has 162 valence electrons. The lowest BCUT2D eigenvalue weighted by atomic mass is 10.0. The molecule has 0 bridgehead atoms. The molecule has 0 saturated heterocycles. The monoisotopic (exact) mass is 416 g/mol. The predicted molar refractivity (Wildman–Crippen MR) is 128 cm³/mol. The number of benzene rings is 2. The molecular formula is C27H32N2O2. The number of para-hydroxylation sites is 1. The van der Waals surface area contributed by atoms with Crippen molar-refractivity contribution < 1.29 is 4.79 Å². The number of aromatic nitrogens is 1. The number of anilines is 1. The topological polar surface area (TPSA) is 53.2 Å². The Balaban J connectivity index is 2.04. The molecule has 1 aromatic heterocycles. The standard InChI is InChI=1S/C27H32N2O2/c1-3-5-15-22-19-25(30)26(24(28-22)18-6-4-2)27(31)29(23-16-11-8-12-17-23)20-21-13-9-7-10-14-21/h7-14,16-17,19H,3-6,15,18,20H2,1-2H3,(H,28,30). The van der Waals surface area contributed by atoms with Crippen LogP contribution in [-0.4, -0.2) is 10.9 Å². The predicted octanol–water partition coefficient (Wildman–Crippen LogP) is 5.91. The van der Waals surface area contributed by atoms with Crippen molar-refractivity contribution in [2.24, 2.45) is 0 Å². The molecule has 0 atom stereocenters. The number of carbonyl (C=O) groups is 1. The maximum atomic E-state index is 13.8. The van der Waals surface area contributed by atoms with E-state index in [1.54, 1.807) is 11.0 Å². The molecule has 1 amide bonds. The van der Waals surface area contributed by atoms with E-state index < -0.39 is 0 Å². The maximum absolute atomic E-state index is 13.8. The van der Waals surface area contributed by atoms with Crippen molar-refractivity contribution in [2.75, 3.05) is 4.90 Å². The summed E-state index contributed by atoms with van der Waals surface area (Å²) in [6, 6.07) is 21.1. The second-order valence-corrected chi connectivity index (χ2v) is 7.93. The number of unbranched alkanes of at least 4 members (excludes halogenated alkanes) is 2. The Hall–Kier alpha value is -3.14. The third-order valence-corrected chi connectivity index (χ3v) is 5.46. The van der Waals surface area contributed by atoms with Crippen LogP contribution in [0.4, 0.5) is 5.69 Å². The molecule has 4 heteroatoms. The van der Waals surface area contributed by atoms with Crippen molar-refractivity contribution in [2.45, 2.75) is 58.9 Å². The number of nitrogens with zero attached hydrogens (tertiary/aromatic N) is 1. The van der Waals surface area contributed by atoms with Gasteiger partial charge in [-0.2, -0.15) is 0 Å². The summed E-state index contributed by atoms with van der Waals surface area (Å²) >= 11 is 0. The van der Waals surface area contributed by atoms with Gasteiger partial charge in [-0.1, -0.05) is 75.2 Å². The molecule has 1 N–H and O–H groups in total. The van der Waals surface area contributed by atoms with Crippen molar-refractivity contribution in [1.82, 2.24) is 4.98 Å². The zero-order valence-corrected chi connectivity index (χ0v) is 18.6. The molecule has 0 aliphatic carbocycles. The summed E-state index contributed by atoms with van der Waals surface area (Å²) < 4.78 is 0. The summed E-state index contributed by atoms with van der Waals surface area (Å²) in [6.45, 7) is 4.66. The van der Waals surface area contributed by atoms with Gasteiger partial charge in [-0.3, -0.25) is 9.59 Å². The van der Waals surface area contributed by atoms with E-state index in [0.717, 1.165) is 54.7 Å². The number of carbonyl (C=O) groups excluding carboxylic acids is 1. The molecule has 0 fully saturated rings. The quantitative estimate of drug-likeness (QED) is 0.447. The molecular weight excluding hydrogens is 384 g/mol. The lowest BCUT2D eigenvalue weighted by Gasteiger charge is -2.24. The Labute approximate surface area is 184 Å². The van der Waals surface area contributed by atoms with Crippen molar-refractivity contribution in [3.63, 3.8) is 0 Å². The van der Waals surface area contributed by atoms with Crippen molar-refractivity contribution >= 4 is 11.6 Å². The number of aromatic amines is 1. The van der Waals surface area contributed by atoms with E-state index in [9.17, 15) is 9.59 Å². The SMILES string of the molecule is CCCCc1cc(=O)c(C(=O)N(Cc2ccccc2)c2ccccc2)c(CCCC)[nH]1. The van der Waals surface area contributed by atoms with Crippen LogP contribution in [0.15, 0.2) is 71.5 Å². The van der Waals surface area contributed by atoms with Crippen LogP contribution in [-0.2, 0) is 19.4 Å². The number of hydrogen-bond acceptors (Lipinski definition) is 2. The molecule has 0 aliphatic heterocycles.